The Bertz CT molecular complexity index is 785. The van der Waals surface area contributed by atoms with Crippen LogP contribution in [0.25, 0.3) is 0 Å². The number of rotatable bonds is 9. The summed E-state index contributed by atoms with van der Waals surface area (Å²) in [5, 5.41) is 3.10. The van der Waals surface area contributed by atoms with E-state index in [1.807, 2.05) is 38.1 Å². The average Bonchev–Trinajstić information content (AvgIpc) is 2.70. The van der Waals surface area contributed by atoms with E-state index in [0.717, 1.165) is 17.5 Å². The lowest BCUT2D eigenvalue weighted by molar-refractivity contribution is -0.130. The first-order chi connectivity index (χ1) is 13.4. The molecule has 0 heterocycles. The van der Waals surface area contributed by atoms with Crippen molar-refractivity contribution >= 4 is 11.8 Å². The van der Waals surface area contributed by atoms with Crippen LogP contribution in [0.2, 0.25) is 0 Å². The summed E-state index contributed by atoms with van der Waals surface area (Å²) in [5.74, 6) is 0.528. The monoisotopic (exact) mass is 382 g/mol. The Kier molecular flexibility index (Phi) is 8.05. The van der Waals surface area contributed by atoms with Gasteiger partial charge in [0.1, 0.15) is 5.75 Å². The van der Waals surface area contributed by atoms with Gasteiger partial charge in [-0.1, -0.05) is 55.0 Å². The van der Waals surface area contributed by atoms with E-state index < -0.39 is 0 Å². The van der Waals surface area contributed by atoms with Gasteiger partial charge in [0.2, 0.25) is 5.91 Å². The third kappa shape index (κ3) is 6.41. The fourth-order valence-corrected chi connectivity index (χ4v) is 2.85. The number of hydrogen-bond acceptors (Lipinski definition) is 3. The van der Waals surface area contributed by atoms with Crippen molar-refractivity contribution in [2.24, 2.45) is 0 Å². The van der Waals surface area contributed by atoms with Crippen LogP contribution in [0.3, 0.4) is 0 Å². The SMILES string of the molecule is CCC(NC(=O)CCc1ccc(C)cc1)c1ccccc1OCC(=O)N(C)C. The molecule has 2 aromatic carbocycles. The molecule has 1 N–H and O–H groups in total. The van der Waals surface area contributed by atoms with Crippen molar-refractivity contribution in [3.8, 4) is 5.75 Å². The maximum absolute atomic E-state index is 12.5. The molecule has 0 radical (unpaired) electrons. The van der Waals surface area contributed by atoms with Crippen LogP contribution in [0, 0.1) is 6.92 Å². The van der Waals surface area contributed by atoms with E-state index in [1.165, 1.54) is 10.5 Å². The van der Waals surface area contributed by atoms with Crippen LogP contribution in [-0.2, 0) is 16.0 Å². The number of amides is 2. The van der Waals surface area contributed by atoms with Crippen LogP contribution in [0.5, 0.6) is 5.75 Å². The Morgan fingerprint density at radius 2 is 1.75 bits per heavy atom. The largest absolute Gasteiger partial charge is 0.483 e. The molecule has 150 valence electrons. The zero-order chi connectivity index (χ0) is 20.5. The molecule has 0 aliphatic carbocycles. The Balaban J connectivity index is 1.99. The minimum atomic E-state index is -0.156. The summed E-state index contributed by atoms with van der Waals surface area (Å²) in [6.45, 7) is 4.04. The minimum absolute atomic E-state index is 0.00611. The molecule has 0 spiro atoms. The Hall–Kier alpha value is -2.82. The normalized spacial score (nSPS) is 11.6. The lowest BCUT2D eigenvalue weighted by Gasteiger charge is -2.21. The number of aryl methyl sites for hydroxylation is 2. The van der Waals surface area contributed by atoms with Gasteiger partial charge in [0.05, 0.1) is 6.04 Å². The topological polar surface area (TPSA) is 58.6 Å². The highest BCUT2D eigenvalue weighted by Crippen LogP contribution is 2.27. The Labute approximate surface area is 167 Å². The van der Waals surface area contributed by atoms with Crippen molar-refractivity contribution in [1.29, 1.82) is 0 Å². The van der Waals surface area contributed by atoms with E-state index in [1.54, 1.807) is 14.1 Å². The zero-order valence-electron chi connectivity index (χ0n) is 17.2. The third-order valence-electron chi connectivity index (χ3n) is 4.65. The zero-order valence-corrected chi connectivity index (χ0v) is 17.2. The van der Waals surface area contributed by atoms with Crippen LogP contribution in [0.15, 0.2) is 48.5 Å². The number of nitrogens with one attached hydrogen (secondary N) is 1. The number of nitrogens with zero attached hydrogens (tertiary/aromatic N) is 1. The average molecular weight is 383 g/mol. The fourth-order valence-electron chi connectivity index (χ4n) is 2.85. The molecule has 0 fully saturated rings. The summed E-state index contributed by atoms with van der Waals surface area (Å²) in [6, 6.07) is 15.6. The molecule has 5 heteroatoms. The highest BCUT2D eigenvalue weighted by molar-refractivity contribution is 5.77. The number of hydrogen-bond donors (Lipinski definition) is 1. The lowest BCUT2D eigenvalue weighted by atomic mass is 10.0. The number of likely N-dealkylation sites (N-methyl/N-ethyl adjacent to an activating group) is 1. The number of ether oxygens (including phenoxy) is 1. The molecule has 0 bridgehead atoms. The van der Waals surface area contributed by atoms with Gasteiger partial charge >= 0.3 is 0 Å². The molecule has 0 aromatic heterocycles. The molecule has 5 nitrogen and oxygen atoms in total. The van der Waals surface area contributed by atoms with Gasteiger partial charge in [-0.2, -0.15) is 0 Å². The molecular weight excluding hydrogens is 352 g/mol. The van der Waals surface area contributed by atoms with Crippen LogP contribution in [0.1, 0.15) is 42.5 Å². The molecule has 28 heavy (non-hydrogen) atoms. The van der Waals surface area contributed by atoms with Crippen LogP contribution in [0.4, 0.5) is 0 Å². The number of para-hydroxylation sites is 1. The van der Waals surface area contributed by atoms with Crippen LogP contribution in [-0.4, -0.2) is 37.4 Å². The van der Waals surface area contributed by atoms with E-state index in [0.29, 0.717) is 18.6 Å². The van der Waals surface area contributed by atoms with Crippen molar-refractivity contribution in [3.63, 3.8) is 0 Å². The molecule has 1 atom stereocenters. The van der Waals surface area contributed by atoms with Gasteiger partial charge in [-0.3, -0.25) is 9.59 Å². The van der Waals surface area contributed by atoms with Gasteiger partial charge in [-0.05, 0) is 31.4 Å². The smallest absolute Gasteiger partial charge is 0.259 e. The van der Waals surface area contributed by atoms with Crippen molar-refractivity contribution in [3.05, 3.63) is 65.2 Å². The molecule has 0 aliphatic rings. The molecule has 0 aliphatic heterocycles. The van der Waals surface area contributed by atoms with Crippen LogP contribution < -0.4 is 10.1 Å². The first-order valence-electron chi connectivity index (χ1n) is 9.67. The van der Waals surface area contributed by atoms with Crippen molar-refractivity contribution in [2.75, 3.05) is 20.7 Å². The maximum Gasteiger partial charge on any atom is 0.259 e. The summed E-state index contributed by atoms with van der Waals surface area (Å²) in [6.07, 6.45) is 1.87. The van der Waals surface area contributed by atoms with E-state index in [2.05, 4.69) is 29.6 Å². The van der Waals surface area contributed by atoms with Gasteiger partial charge in [0, 0.05) is 26.1 Å². The molecule has 0 saturated heterocycles. The van der Waals surface area contributed by atoms with Gasteiger partial charge in [-0.25, -0.2) is 0 Å². The minimum Gasteiger partial charge on any atom is -0.483 e. The van der Waals surface area contributed by atoms with Gasteiger partial charge in [-0.15, -0.1) is 0 Å². The van der Waals surface area contributed by atoms with Crippen molar-refractivity contribution in [2.45, 2.75) is 39.2 Å². The number of carbonyl (C=O) groups is 2. The highest BCUT2D eigenvalue weighted by atomic mass is 16.5. The summed E-state index contributed by atoms with van der Waals surface area (Å²) >= 11 is 0. The van der Waals surface area contributed by atoms with Crippen LogP contribution >= 0.6 is 0 Å². The maximum atomic E-state index is 12.5. The number of benzene rings is 2. The second-order valence-electron chi connectivity index (χ2n) is 7.13. The van der Waals surface area contributed by atoms with E-state index in [-0.39, 0.29) is 24.5 Å². The molecule has 2 amide bonds. The molecule has 1 unspecified atom stereocenters. The lowest BCUT2D eigenvalue weighted by Crippen LogP contribution is -2.30. The molecular formula is C23H30N2O3. The molecule has 0 saturated carbocycles. The quantitative estimate of drug-likeness (QED) is 0.720. The van der Waals surface area contributed by atoms with Gasteiger partial charge < -0.3 is 15.0 Å². The second-order valence-corrected chi connectivity index (χ2v) is 7.13. The first-order valence-corrected chi connectivity index (χ1v) is 9.67. The van der Waals surface area contributed by atoms with E-state index >= 15 is 0 Å². The van der Waals surface area contributed by atoms with E-state index in [9.17, 15) is 9.59 Å². The van der Waals surface area contributed by atoms with Crippen molar-refractivity contribution in [1.82, 2.24) is 10.2 Å². The standard InChI is InChI=1S/C23H30N2O3/c1-5-20(24-22(26)15-14-18-12-10-17(2)11-13-18)19-8-6-7-9-21(19)28-16-23(27)25(3)4/h6-13,20H,5,14-16H2,1-4H3,(H,24,26). The first kappa shape index (κ1) is 21.5. The fraction of sp³-hybridized carbons (Fsp3) is 0.391. The summed E-state index contributed by atoms with van der Waals surface area (Å²) in [5.41, 5.74) is 3.25. The molecule has 2 rings (SSSR count). The van der Waals surface area contributed by atoms with Gasteiger partial charge in [0.25, 0.3) is 5.91 Å². The predicted octanol–water partition coefficient (Wildman–Crippen LogP) is 3.66. The third-order valence-corrected chi connectivity index (χ3v) is 4.65. The number of carbonyl (C=O) groups excluding carboxylic acids is 2. The van der Waals surface area contributed by atoms with E-state index in [4.69, 9.17) is 4.74 Å². The van der Waals surface area contributed by atoms with Gasteiger partial charge in [0.15, 0.2) is 6.61 Å². The summed E-state index contributed by atoms with van der Waals surface area (Å²) < 4.78 is 5.72. The Morgan fingerprint density at radius 1 is 1.07 bits per heavy atom. The molecule has 2 aromatic rings. The van der Waals surface area contributed by atoms with Crippen molar-refractivity contribution < 1.29 is 14.3 Å². The summed E-state index contributed by atoms with van der Waals surface area (Å²) in [7, 11) is 3.39. The Morgan fingerprint density at radius 3 is 2.39 bits per heavy atom. The highest BCUT2D eigenvalue weighted by Gasteiger charge is 2.17. The summed E-state index contributed by atoms with van der Waals surface area (Å²) in [4.78, 5) is 25.8. The second kappa shape index (κ2) is 10.5. The predicted molar refractivity (Wildman–Crippen MR) is 111 cm³/mol.